The predicted molar refractivity (Wildman–Crippen MR) is 154 cm³/mol. The van der Waals surface area contributed by atoms with Gasteiger partial charge in [-0.05, 0) is 55.0 Å². The number of nitrogens with zero attached hydrogens (tertiary/aromatic N) is 2. The highest BCUT2D eigenvalue weighted by atomic mass is 32.2. The maximum Gasteiger partial charge on any atom is 0.534 e. The Bertz CT molecular complexity index is 1900. The largest absolute Gasteiger partial charge is 0.534 e. The van der Waals surface area contributed by atoms with E-state index in [1.165, 1.54) is 36.4 Å². The number of carbonyl (C=O) groups is 1. The smallest absolute Gasteiger partial charge is 0.376 e. The van der Waals surface area contributed by atoms with E-state index < -0.39 is 43.2 Å². The molecule has 1 aliphatic heterocycles. The molecule has 1 unspecified atom stereocenters. The summed E-state index contributed by atoms with van der Waals surface area (Å²) in [5.74, 6) is -3.16. The minimum Gasteiger partial charge on any atom is -0.376 e. The monoisotopic (exact) mass is 631 g/mol. The molecule has 9 nitrogen and oxygen atoms in total. The Labute approximate surface area is 246 Å². The molecule has 43 heavy (non-hydrogen) atoms. The Balaban J connectivity index is 1.70. The van der Waals surface area contributed by atoms with Gasteiger partial charge in [0.05, 0.1) is 16.5 Å². The number of para-hydroxylation sites is 2. The highest BCUT2D eigenvalue weighted by Crippen LogP contribution is 2.50. The van der Waals surface area contributed by atoms with E-state index >= 15 is 0 Å². The highest BCUT2D eigenvalue weighted by molar-refractivity contribution is 7.89. The van der Waals surface area contributed by atoms with Gasteiger partial charge in [0.1, 0.15) is 5.75 Å². The summed E-state index contributed by atoms with van der Waals surface area (Å²) < 4.78 is 95.8. The molecule has 4 aromatic rings. The summed E-state index contributed by atoms with van der Waals surface area (Å²) in [5, 5.41) is 0.779. The number of rotatable bonds is 7. The summed E-state index contributed by atoms with van der Waals surface area (Å²) in [5.41, 5.74) is -4.10. The van der Waals surface area contributed by atoms with Crippen LogP contribution in [0.3, 0.4) is 0 Å². The number of fused-ring (bicyclic) bond motifs is 2. The number of anilines is 3. The minimum absolute atomic E-state index is 0.0995. The molecule has 1 atom stereocenters. The van der Waals surface area contributed by atoms with Crippen molar-refractivity contribution in [1.82, 2.24) is 4.83 Å². The van der Waals surface area contributed by atoms with Crippen LogP contribution in [0.15, 0.2) is 102 Å². The van der Waals surface area contributed by atoms with Crippen LogP contribution in [0.2, 0.25) is 0 Å². The molecule has 0 saturated heterocycles. The van der Waals surface area contributed by atoms with Gasteiger partial charge in [0.2, 0.25) is 0 Å². The van der Waals surface area contributed by atoms with Crippen molar-refractivity contribution >= 4 is 43.1 Å². The second-order valence-electron chi connectivity index (χ2n) is 9.64. The van der Waals surface area contributed by atoms with Gasteiger partial charge in [-0.25, -0.2) is 13.4 Å². The molecule has 4 aromatic carbocycles. The summed E-state index contributed by atoms with van der Waals surface area (Å²) in [7, 11) is -8.89. The zero-order valence-corrected chi connectivity index (χ0v) is 24.2. The number of alkyl halides is 3. The highest BCUT2D eigenvalue weighted by Gasteiger charge is 2.50. The van der Waals surface area contributed by atoms with E-state index in [1.54, 1.807) is 73.5 Å². The quantitative estimate of drug-likeness (QED) is 0.166. The van der Waals surface area contributed by atoms with Gasteiger partial charge in [-0.3, -0.25) is 4.79 Å². The fraction of sp³-hybridized carbons (Fsp3) is 0.138. The average molecular weight is 632 g/mol. The zero-order chi connectivity index (χ0) is 31.2. The maximum absolute atomic E-state index is 14.6. The lowest BCUT2D eigenvalue weighted by Crippen LogP contribution is -2.49. The number of hydrogen-bond acceptors (Lipinski definition) is 7. The molecule has 1 N–H and O–H groups in total. The number of hydrazine groups is 1. The molecule has 224 valence electrons. The second-order valence-corrected chi connectivity index (χ2v) is 12.8. The third-order valence-corrected chi connectivity index (χ3v) is 9.09. The summed E-state index contributed by atoms with van der Waals surface area (Å²) in [6.07, 6.45) is 0. The van der Waals surface area contributed by atoms with Crippen LogP contribution in [-0.2, 0) is 24.9 Å². The molecule has 1 amide bonds. The number of benzene rings is 4. The third-order valence-electron chi connectivity index (χ3n) is 6.81. The Morgan fingerprint density at radius 2 is 1.44 bits per heavy atom. The second kappa shape index (κ2) is 11.0. The first kappa shape index (κ1) is 30.1. The van der Waals surface area contributed by atoms with Crippen molar-refractivity contribution in [3.05, 3.63) is 114 Å². The molecule has 14 heteroatoms. The molecule has 0 fully saturated rings. The van der Waals surface area contributed by atoms with Gasteiger partial charge in [-0.2, -0.15) is 21.6 Å². The molecule has 0 radical (unpaired) electrons. The number of halogens is 3. The molecular weight excluding hydrogens is 607 g/mol. The molecule has 1 aliphatic rings. The SMILES string of the molecule is Cc1ccc(S(=O)(=O)NN(C(=O)C2c3ccccc3N(C)c3cccc(OS(=O)(=O)C(F)(F)F)c32)c2ccccc2)cc1. The molecule has 1 heterocycles. The number of carbonyl (C=O) groups excluding carboxylic acids is 1. The Kier molecular flexibility index (Phi) is 7.71. The van der Waals surface area contributed by atoms with E-state index in [0.717, 1.165) is 16.6 Å². The first-order chi connectivity index (χ1) is 20.2. The molecule has 0 spiro atoms. The number of nitrogens with one attached hydrogen (secondary N) is 1. The first-order valence-corrected chi connectivity index (χ1v) is 15.5. The van der Waals surface area contributed by atoms with Crippen molar-refractivity contribution in [2.24, 2.45) is 0 Å². The van der Waals surface area contributed by atoms with E-state index in [-0.39, 0.29) is 27.4 Å². The van der Waals surface area contributed by atoms with Gasteiger partial charge in [-0.15, -0.1) is 4.83 Å². The zero-order valence-electron chi connectivity index (χ0n) is 22.6. The summed E-state index contributed by atoms with van der Waals surface area (Å²) in [6.45, 7) is 1.78. The van der Waals surface area contributed by atoms with Crippen molar-refractivity contribution in [3.8, 4) is 5.75 Å². The number of hydrogen-bond donors (Lipinski definition) is 1. The van der Waals surface area contributed by atoms with Gasteiger partial charge < -0.3 is 9.08 Å². The normalized spacial score (nSPS) is 14.9. The standard InChI is InChI=1S/C29H24F3N3O6S2/c1-19-15-17-21(18-16-19)42(37,38)33-35(20-9-4-3-5-10-20)28(36)26-22-11-6-7-12-23(22)34(2)24-13-8-14-25(27(24)26)41-43(39,40)29(30,31)32/h3-18,26,33H,1-2H3. The predicted octanol–water partition coefficient (Wildman–Crippen LogP) is 5.36. The van der Waals surface area contributed by atoms with Crippen LogP contribution in [-0.4, -0.2) is 35.3 Å². The van der Waals surface area contributed by atoms with Gasteiger partial charge in [-0.1, -0.05) is 60.2 Å². The number of amides is 1. The minimum atomic E-state index is -6.12. The topological polar surface area (TPSA) is 113 Å². The molecular formula is C29H24F3N3O6S2. The Hall–Kier alpha value is -4.40. The number of sulfonamides is 1. The van der Waals surface area contributed by atoms with Crippen LogP contribution >= 0.6 is 0 Å². The number of aryl methyl sites for hydroxylation is 1. The van der Waals surface area contributed by atoms with Gasteiger partial charge in [0, 0.05) is 24.0 Å². The molecule has 0 aromatic heterocycles. The van der Waals surface area contributed by atoms with Gasteiger partial charge in [0.15, 0.2) is 0 Å². The molecule has 0 saturated carbocycles. The molecule has 0 bridgehead atoms. The van der Waals surface area contributed by atoms with Crippen molar-refractivity contribution in [2.75, 3.05) is 17.0 Å². The Morgan fingerprint density at radius 1 is 0.837 bits per heavy atom. The third kappa shape index (κ3) is 5.68. The fourth-order valence-corrected chi connectivity index (χ4v) is 6.27. The van der Waals surface area contributed by atoms with Crippen molar-refractivity contribution in [1.29, 1.82) is 0 Å². The lowest BCUT2D eigenvalue weighted by atomic mass is 9.83. The van der Waals surface area contributed by atoms with Gasteiger partial charge in [0.25, 0.3) is 15.9 Å². The Morgan fingerprint density at radius 3 is 2.09 bits per heavy atom. The maximum atomic E-state index is 14.6. The lowest BCUT2D eigenvalue weighted by Gasteiger charge is -2.37. The summed E-state index contributed by atoms with van der Waals surface area (Å²) in [6, 6.07) is 23.9. The van der Waals surface area contributed by atoms with E-state index in [2.05, 4.69) is 9.01 Å². The van der Waals surface area contributed by atoms with Crippen LogP contribution in [0, 0.1) is 6.92 Å². The molecule has 5 rings (SSSR count). The summed E-state index contributed by atoms with van der Waals surface area (Å²) in [4.78, 5) is 18.3. The van der Waals surface area contributed by atoms with Gasteiger partial charge >= 0.3 is 15.6 Å². The van der Waals surface area contributed by atoms with Crippen molar-refractivity contribution < 1.29 is 39.0 Å². The van der Waals surface area contributed by atoms with E-state index in [4.69, 9.17) is 0 Å². The van der Waals surface area contributed by atoms with E-state index in [1.807, 2.05) is 0 Å². The van der Waals surface area contributed by atoms with Crippen molar-refractivity contribution in [3.63, 3.8) is 0 Å². The van der Waals surface area contributed by atoms with E-state index in [0.29, 0.717) is 5.69 Å². The van der Waals surface area contributed by atoms with Crippen LogP contribution in [0.5, 0.6) is 5.75 Å². The fourth-order valence-electron chi connectivity index (χ4n) is 4.75. The van der Waals surface area contributed by atoms with Crippen LogP contribution in [0.25, 0.3) is 0 Å². The molecule has 0 aliphatic carbocycles. The van der Waals surface area contributed by atoms with Crippen LogP contribution < -0.4 is 18.9 Å². The summed E-state index contributed by atoms with van der Waals surface area (Å²) >= 11 is 0. The average Bonchev–Trinajstić information content (AvgIpc) is 2.96. The first-order valence-electron chi connectivity index (χ1n) is 12.7. The van der Waals surface area contributed by atoms with E-state index in [9.17, 15) is 34.8 Å². The lowest BCUT2D eigenvalue weighted by molar-refractivity contribution is -0.119. The van der Waals surface area contributed by atoms with Crippen LogP contribution in [0.1, 0.15) is 22.6 Å². The van der Waals surface area contributed by atoms with Crippen molar-refractivity contribution in [2.45, 2.75) is 23.2 Å². The van der Waals surface area contributed by atoms with Crippen LogP contribution in [0.4, 0.5) is 30.2 Å².